The van der Waals surface area contributed by atoms with Gasteiger partial charge < -0.3 is 10.1 Å². The number of benzene rings is 2. The Hall–Kier alpha value is -3.45. The summed E-state index contributed by atoms with van der Waals surface area (Å²) in [6, 6.07) is 16.2. The van der Waals surface area contributed by atoms with Crippen molar-refractivity contribution in [1.82, 2.24) is 15.8 Å². The molecule has 0 saturated heterocycles. The second-order valence-electron chi connectivity index (χ2n) is 7.83. The molecule has 1 fully saturated rings. The number of carbonyl (C=O) groups is 2. The molecule has 1 aliphatic rings. The van der Waals surface area contributed by atoms with Gasteiger partial charge in [0.05, 0.1) is 12.1 Å². The van der Waals surface area contributed by atoms with Gasteiger partial charge in [-0.3, -0.25) is 19.8 Å². The highest BCUT2D eigenvalue weighted by molar-refractivity contribution is 5.97. The van der Waals surface area contributed by atoms with Crippen molar-refractivity contribution in [3.8, 4) is 5.75 Å². The van der Waals surface area contributed by atoms with Crippen LogP contribution in [0.4, 0.5) is 0 Å². The summed E-state index contributed by atoms with van der Waals surface area (Å²) in [6.07, 6.45) is 2.46. The number of aryl methyl sites for hydroxylation is 1. The molecule has 4 rings (SSSR count). The number of hydroxylamine groups is 1. The fourth-order valence-corrected chi connectivity index (χ4v) is 3.70. The number of amides is 2. The van der Waals surface area contributed by atoms with E-state index in [1.807, 2.05) is 25.1 Å². The molecule has 1 unspecified atom stereocenters. The largest absolute Gasteiger partial charge is 0.493 e. The zero-order chi connectivity index (χ0) is 21.8. The topological polar surface area (TPSA) is 101 Å². The lowest BCUT2D eigenvalue weighted by atomic mass is 10.1. The quantitative estimate of drug-likeness (QED) is 0.385. The first-order chi connectivity index (χ1) is 15.0. The van der Waals surface area contributed by atoms with Gasteiger partial charge in [0.1, 0.15) is 11.8 Å². The minimum absolute atomic E-state index is 0.0756. The molecule has 3 N–H and O–H groups in total. The fraction of sp³-hybridized carbons (Fsp3) is 0.292. The Kier molecular flexibility index (Phi) is 6.13. The summed E-state index contributed by atoms with van der Waals surface area (Å²) in [4.78, 5) is 28.8. The summed E-state index contributed by atoms with van der Waals surface area (Å²) in [5, 5.41) is 12.7. The average molecular weight is 419 g/mol. The molecule has 1 saturated carbocycles. The summed E-state index contributed by atoms with van der Waals surface area (Å²) in [6.45, 7) is 2.48. The number of hydrogen-bond acceptors (Lipinski definition) is 5. The average Bonchev–Trinajstić information content (AvgIpc) is 3.62. The molecule has 1 aromatic heterocycles. The monoisotopic (exact) mass is 419 g/mol. The van der Waals surface area contributed by atoms with E-state index >= 15 is 0 Å². The van der Waals surface area contributed by atoms with Gasteiger partial charge in [-0.1, -0.05) is 18.2 Å². The molecule has 160 valence electrons. The number of fused-ring (bicyclic) bond motifs is 1. The Morgan fingerprint density at radius 1 is 1.16 bits per heavy atom. The van der Waals surface area contributed by atoms with Gasteiger partial charge in [0.15, 0.2) is 0 Å². The van der Waals surface area contributed by atoms with Crippen molar-refractivity contribution in [3.05, 3.63) is 71.4 Å². The summed E-state index contributed by atoms with van der Waals surface area (Å²) in [7, 11) is 0. The second kappa shape index (κ2) is 9.14. The van der Waals surface area contributed by atoms with Gasteiger partial charge in [-0.25, -0.2) is 5.48 Å². The van der Waals surface area contributed by atoms with Crippen molar-refractivity contribution < 1.29 is 19.5 Å². The van der Waals surface area contributed by atoms with E-state index in [1.165, 1.54) is 5.56 Å². The number of ether oxygens (including phenoxy) is 1. The van der Waals surface area contributed by atoms with Crippen molar-refractivity contribution in [2.45, 2.75) is 32.2 Å². The highest BCUT2D eigenvalue weighted by Gasteiger charge is 2.37. The standard InChI is InChI=1S/C24H25N3O4/c1-15-14-18(20-4-2-3-5-21(20)25-15)12-13-31-19-10-8-17(9-11-19)23(28)26-22(16-6-7-16)24(29)27-30/h2-5,8-11,14,16,22,30H,6-7,12-13H2,1H3,(H,26,28)(H,27,29). The lowest BCUT2D eigenvalue weighted by molar-refractivity contribution is -0.131. The zero-order valence-corrected chi connectivity index (χ0v) is 17.3. The molecule has 1 atom stereocenters. The molecule has 0 radical (unpaired) electrons. The van der Waals surface area contributed by atoms with Crippen LogP contribution in [0.5, 0.6) is 5.75 Å². The van der Waals surface area contributed by atoms with E-state index < -0.39 is 11.9 Å². The van der Waals surface area contributed by atoms with Crippen LogP contribution >= 0.6 is 0 Å². The van der Waals surface area contributed by atoms with E-state index in [-0.39, 0.29) is 11.8 Å². The molecule has 7 nitrogen and oxygen atoms in total. The number of nitrogens with one attached hydrogen (secondary N) is 2. The summed E-state index contributed by atoms with van der Waals surface area (Å²) in [5.74, 6) is -0.203. The Morgan fingerprint density at radius 3 is 2.61 bits per heavy atom. The fourth-order valence-electron chi connectivity index (χ4n) is 3.70. The zero-order valence-electron chi connectivity index (χ0n) is 17.3. The Bertz CT molecular complexity index is 1090. The minimum atomic E-state index is -0.716. The highest BCUT2D eigenvalue weighted by Crippen LogP contribution is 2.33. The Balaban J connectivity index is 1.35. The van der Waals surface area contributed by atoms with Crippen LogP contribution in [0.2, 0.25) is 0 Å². The number of pyridine rings is 1. The second-order valence-corrected chi connectivity index (χ2v) is 7.83. The molecule has 1 aliphatic carbocycles. The van der Waals surface area contributed by atoms with Gasteiger partial charge in [0.25, 0.3) is 11.8 Å². The minimum Gasteiger partial charge on any atom is -0.493 e. The van der Waals surface area contributed by atoms with E-state index in [9.17, 15) is 9.59 Å². The maximum atomic E-state index is 12.5. The molecule has 31 heavy (non-hydrogen) atoms. The van der Waals surface area contributed by atoms with Crippen LogP contribution in [0.25, 0.3) is 10.9 Å². The predicted molar refractivity (Wildman–Crippen MR) is 116 cm³/mol. The highest BCUT2D eigenvalue weighted by atomic mass is 16.5. The molecule has 0 bridgehead atoms. The first-order valence-corrected chi connectivity index (χ1v) is 10.4. The summed E-state index contributed by atoms with van der Waals surface area (Å²) in [5.41, 5.74) is 5.20. The van der Waals surface area contributed by atoms with Crippen molar-refractivity contribution >= 4 is 22.7 Å². The Labute approximate surface area is 180 Å². The third kappa shape index (κ3) is 5.00. The van der Waals surface area contributed by atoms with E-state index in [0.29, 0.717) is 17.9 Å². The SMILES string of the molecule is Cc1cc(CCOc2ccc(C(=O)NC(C(=O)NO)C3CC3)cc2)c2ccccc2n1. The number of rotatable bonds is 8. The van der Waals surface area contributed by atoms with Crippen molar-refractivity contribution in [1.29, 1.82) is 0 Å². The van der Waals surface area contributed by atoms with Gasteiger partial charge in [-0.05, 0) is 67.6 Å². The van der Waals surface area contributed by atoms with Gasteiger partial charge in [-0.2, -0.15) is 0 Å². The van der Waals surface area contributed by atoms with Crippen LogP contribution in [0.3, 0.4) is 0 Å². The van der Waals surface area contributed by atoms with Crippen molar-refractivity contribution in [2.24, 2.45) is 5.92 Å². The van der Waals surface area contributed by atoms with Gasteiger partial charge in [0.2, 0.25) is 0 Å². The third-order valence-electron chi connectivity index (χ3n) is 5.46. The lowest BCUT2D eigenvalue weighted by Crippen LogP contribution is -2.47. The maximum absolute atomic E-state index is 12.5. The van der Waals surface area contributed by atoms with Crippen LogP contribution in [0, 0.1) is 12.8 Å². The molecule has 2 amide bonds. The normalized spacial score (nSPS) is 14.1. The van der Waals surface area contributed by atoms with E-state index in [0.717, 1.165) is 35.9 Å². The smallest absolute Gasteiger partial charge is 0.266 e. The lowest BCUT2D eigenvalue weighted by Gasteiger charge is -2.16. The van der Waals surface area contributed by atoms with E-state index in [1.54, 1.807) is 29.7 Å². The van der Waals surface area contributed by atoms with Crippen LogP contribution in [-0.2, 0) is 11.2 Å². The summed E-state index contributed by atoms with van der Waals surface area (Å²) >= 11 is 0. The van der Waals surface area contributed by atoms with Gasteiger partial charge in [-0.15, -0.1) is 0 Å². The maximum Gasteiger partial charge on any atom is 0.266 e. The molecule has 1 heterocycles. The van der Waals surface area contributed by atoms with Crippen LogP contribution in [0.15, 0.2) is 54.6 Å². The van der Waals surface area contributed by atoms with Crippen LogP contribution in [-0.4, -0.2) is 34.7 Å². The third-order valence-corrected chi connectivity index (χ3v) is 5.46. The van der Waals surface area contributed by atoms with Gasteiger partial charge in [0, 0.05) is 23.1 Å². The summed E-state index contributed by atoms with van der Waals surface area (Å²) < 4.78 is 5.87. The van der Waals surface area contributed by atoms with Crippen molar-refractivity contribution in [3.63, 3.8) is 0 Å². The van der Waals surface area contributed by atoms with Crippen LogP contribution in [0.1, 0.15) is 34.5 Å². The van der Waals surface area contributed by atoms with E-state index in [4.69, 9.17) is 9.94 Å². The molecule has 0 spiro atoms. The number of para-hydroxylation sites is 1. The molecular weight excluding hydrogens is 394 g/mol. The van der Waals surface area contributed by atoms with E-state index in [2.05, 4.69) is 22.4 Å². The predicted octanol–water partition coefficient (Wildman–Crippen LogP) is 3.18. The number of aromatic nitrogens is 1. The van der Waals surface area contributed by atoms with Crippen LogP contribution < -0.4 is 15.5 Å². The van der Waals surface area contributed by atoms with Gasteiger partial charge >= 0.3 is 0 Å². The molecular formula is C24H25N3O4. The number of nitrogens with zero attached hydrogens (tertiary/aromatic N) is 1. The van der Waals surface area contributed by atoms with Crippen molar-refractivity contribution in [2.75, 3.05) is 6.61 Å². The molecule has 0 aliphatic heterocycles. The number of carbonyl (C=O) groups excluding carboxylic acids is 2. The number of hydrogen-bond donors (Lipinski definition) is 3. The molecule has 3 aromatic rings. The first-order valence-electron chi connectivity index (χ1n) is 10.4. The first kappa shape index (κ1) is 20.8. The Morgan fingerprint density at radius 2 is 1.90 bits per heavy atom. The molecule has 2 aromatic carbocycles. The molecule has 7 heteroatoms.